The molecule has 1 aliphatic heterocycles. The van der Waals surface area contributed by atoms with Crippen LogP contribution in [0.15, 0.2) is 34.9 Å². The summed E-state index contributed by atoms with van der Waals surface area (Å²) in [5.41, 5.74) is -4.25. The molecule has 146 valence electrons. The highest BCUT2D eigenvalue weighted by Crippen LogP contribution is 2.26. The third kappa shape index (κ3) is 4.25. The van der Waals surface area contributed by atoms with Crippen LogP contribution in [0, 0.1) is 5.92 Å². The molecule has 11 heteroatoms. The van der Waals surface area contributed by atoms with Crippen molar-refractivity contribution < 1.29 is 26.4 Å². The Hall–Kier alpha value is -1.72. The molecule has 0 saturated carbocycles. The molecular weight excluding hydrogens is 451 g/mol. The number of nitrogens with one attached hydrogen (secondary N) is 1. The number of nitrogens with zero attached hydrogens (tertiary/aromatic N) is 2. The third-order valence-electron chi connectivity index (χ3n) is 4.37. The van der Waals surface area contributed by atoms with Crippen molar-refractivity contribution in [1.82, 2.24) is 14.6 Å². The molecule has 1 aliphatic rings. The van der Waals surface area contributed by atoms with Gasteiger partial charge in [0.25, 0.3) is 5.91 Å². The van der Waals surface area contributed by atoms with E-state index in [1.807, 2.05) is 6.07 Å². The van der Waals surface area contributed by atoms with Crippen molar-refractivity contribution in [1.29, 1.82) is 0 Å². The molecule has 3 rings (SSSR count). The molecule has 27 heavy (non-hydrogen) atoms. The molecule has 2 aromatic rings. The van der Waals surface area contributed by atoms with Crippen LogP contribution in [-0.2, 0) is 10.0 Å². The highest BCUT2D eigenvalue weighted by Gasteiger charge is 2.46. The summed E-state index contributed by atoms with van der Waals surface area (Å²) < 4.78 is 61.7. The maximum absolute atomic E-state index is 12.8. The van der Waals surface area contributed by atoms with Gasteiger partial charge in [-0.05, 0) is 36.6 Å². The fourth-order valence-corrected chi connectivity index (χ4v) is 3.95. The number of alkyl halides is 3. The lowest BCUT2D eigenvalue weighted by atomic mass is 10.1. The molecule has 6 nitrogen and oxygen atoms in total. The Balaban J connectivity index is 1.71. The van der Waals surface area contributed by atoms with Crippen LogP contribution in [0.2, 0.25) is 0 Å². The van der Waals surface area contributed by atoms with E-state index in [0.717, 1.165) is 4.47 Å². The number of hydrogen-bond donors (Lipinski definition) is 1. The van der Waals surface area contributed by atoms with Crippen molar-refractivity contribution in [2.75, 3.05) is 19.6 Å². The number of fused-ring (bicyclic) bond motifs is 1. The van der Waals surface area contributed by atoms with Gasteiger partial charge in [0, 0.05) is 35.7 Å². The standard InChI is InChI=1S/C16H15BrF3N3O3S/c17-11-1-2-14-13(7-11)12(3-5-21-14)15(24)23-6-4-10(9-23)8-22-27(25,26)16(18,19)20/h1-3,5,7,10,22H,4,6,8-9H2. The van der Waals surface area contributed by atoms with Gasteiger partial charge in [0.1, 0.15) is 0 Å². The van der Waals surface area contributed by atoms with Gasteiger partial charge >= 0.3 is 15.5 Å². The van der Waals surface area contributed by atoms with Gasteiger partial charge in [0.15, 0.2) is 0 Å². The van der Waals surface area contributed by atoms with Crippen molar-refractivity contribution in [3.05, 3.63) is 40.5 Å². The molecule has 2 heterocycles. The molecule has 0 radical (unpaired) electrons. The summed E-state index contributed by atoms with van der Waals surface area (Å²) in [4.78, 5) is 18.6. The van der Waals surface area contributed by atoms with Gasteiger partial charge in [-0.2, -0.15) is 13.2 Å². The number of rotatable bonds is 4. The Bertz CT molecular complexity index is 982. The summed E-state index contributed by atoms with van der Waals surface area (Å²) in [6.07, 6.45) is 1.94. The first kappa shape index (κ1) is 20.0. The number of pyridine rings is 1. The van der Waals surface area contributed by atoms with Crippen LogP contribution < -0.4 is 4.72 Å². The molecule has 1 unspecified atom stereocenters. The van der Waals surface area contributed by atoms with E-state index in [0.29, 0.717) is 29.4 Å². The Morgan fingerprint density at radius 2 is 2.07 bits per heavy atom. The summed E-state index contributed by atoms with van der Waals surface area (Å²) >= 11 is 3.35. The zero-order chi connectivity index (χ0) is 19.8. The maximum Gasteiger partial charge on any atom is 0.511 e. The number of halogens is 4. The van der Waals surface area contributed by atoms with Crippen molar-refractivity contribution >= 4 is 42.8 Å². The fourth-order valence-electron chi connectivity index (χ4n) is 2.97. The number of likely N-dealkylation sites (tertiary alicyclic amines) is 1. The second kappa shape index (κ2) is 7.36. The quantitative estimate of drug-likeness (QED) is 0.752. The molecule has 1 amide bonds. The van der Waals surface area contributed by atoms with E-state index in [-0.39, 0.29) is 24.9 Å². The number of sulfonamides is 1. The minimum Gasteiger partial charge on any atom is -0.338 e. The van der Waals surface area contributed by atoms with Gasteiger partial charge < -0.3 is 4.90 Å². The molecule has 0 aliphatic carbocycles. The first-order valence-electron chi connectivity index (χ1n) is 7.98. The summed E-state index contributed by atoms with van der Waals surface area (Å²) in [6.45, 7) is 0.153. The minimum atomic E-state index is -5.38. The second-order valence-electron chi connectivity index (χ2n) is 6.22. The largest absolute Gasteiger partial charge is 0.511 e. The van der Waals surface area contributed by atoms with Crippen LogP contribution in [0.1, 0.15) is 16.8 Å². The number of aromatic nitrogens is 1. The average molecular weight is 466 g/mol. The summed E-state index contributed by atoms with van der Waals surface area (Å²) in [7, 11) is -5.38. The second-order valence-corrected chi connectivity index (χ2v) is 8.90. The Kier molecular flexibility index (Phi) is 5.46. The van der Waals surface area contributed by atoms with Crippen molar-refractivity contribution in [2.24, 2.45) is 5.92 Å². The van der Waals surface area contributed by atoms with Crippen LogP contribution >= 0.6 is 15.9 Å². The van der Waals surface area contributed by atoms with Crippen molar-refractivity contribution in [2.45, 2.75) is 11.9 Å². The molecular formula is C16H15BrF3N3O3S. The molecule has 1 fully saturated rings. The highest BCUT2D eigenvalue weighted by molar-refractivity contribution is 9.10. The Morgan fingerprint density at radius 1 is 1.33 bits per heavy atom. The molecule has 1 saturated heterocycles. The van der Waals surface area contributed by atoms with Crippen LogP contribution in [0.4, 0.5) is 13.2 Å². The first-order chi connectivity index (χ1) is 12.6. The summed E-state index contributed by atoms with van der Waals surface area (Å²) in [5, 5.41) is 0.665. The van der Waals surface area contributed by atoms with Gasteiger partial charge in [0.05, 0.1) is 11.1 Å². The Morgan fingerprint density at radius 3 is 2.78 bits per heavy atom. The fraction of sp³-hybridized carbons (Fsp3) is 0.375. The predicted molar refractivity (Wildman–Crippen MR) is 96.4 cm³/mol. The van der Waals surface area contributed by atoms with Crippen molar-refractivity contribution in [3.63, 3.8) is 0 Å². The van der Waals surface area contributed by atoms with Crippen LogP contribution in [0.5, 0.6) is 0 Å². The SMILES string of the molecule is O=C(c1ccnc2ccc(Br)cc12)N1CCC(CNS(=O)(=O)C(F)(F)F)C1. The summed E-state index contributed by atoms with van der Waals surface area (Å²) in [5.74, 6) is -0.646. The number of amides is 1. The lowest BCUT2D eigenvalue weighted by Gasteiger charge is -2.18. The molecule has 1 atom stereocenters. The smallest absolute Gasteiger partial charge is 0.338 e. The van der Waals surface area contributed by atoms with E-state index in [1.165, 1.54) is 11.1 Å². The lowest BCUT2D eigenvalue weighted by Crippen LogP contribution is -2.39. The number of hydrogen-bond acceptors (Lipinski definition) is 4. The number of carbonyl (C=O) groups is 1. The third-order valence-corrected chi connectivity index (χ3v) is 6.02. The van der Waals surface area contributed by atoms with Gasteiger partial charge in [-0.25, -0.2) is 13.1 Å². The zero-order valence-corrected chi connectivity index (χ0v) is 16.2. The minimum absolute atomic E-state index is 0.178. The first-order valence-corrected chi connectivity index (χ1v) is 10.3. The molecule has 0 bridgehead atoms. The molecule has 1 N–H and O–H groups in total. The monoisotopic (exact) mass is 465 g/mol. The number of carbonyl (C=O) groups excluding carboxylic acids is 1. The van der Waals surface area contributed by atoms with Gasteiger partial charge in [0.2, 0.25) is 0 Å². The van der Waals surface area contributed by atoms with Gasteiger partial charge in [-0.1, -0.05) is 15.9 Å². The van der Waals surface area contributed by atoms with E-state index in [9.17, 15) is 26.4 Å². The van der Waals surface area contributed by atoms with Crippen LogP contribution in [-0.4, -0.2) is 49.4 Å². The Labute approximate surface area is 161 Å². The zero-order valence-electron chi connectivity index (χ0n) is 13.8. The molecule has 0 spiro atoms. The predicted octanol–water partition coefficient (Wildman–Crippen LogP) is 2.90. The van der Waals surface area contributed by atoms with E-state index in [1.54, 1.807) is 22.9 Å². The lowest BCUT2D eigenvalue weighted by molar-refractivity contribution is -0.0448. The molecule has 1 aromatic heterocycles. The van der Waals surface area contributed by atoms with Gasteiger partial charge in [-0.15, -0.1) is 0 Å². The van der Waals surface area contributed by atoms with Crippen LogP contribution in [0.3, 0.4) is 0 Å². The van der Waals surface area contributed by atoms with Gasteiger partial charge in [-0.3, -0.25) is 9.78 Å². The summed E-state index contributed by atoms with van der Waals surface area (Å²) in [6, 6.07) is 6.95. The molecule has 1 aromatic carbocycles. The van der Waals surface area contributed by atoms with Crippen LogP contribution in [0.25, 0.3) is 10.9 Å². The highest BCUT2D eigenvalue weighted by atomic mass is 79.9. The van der Waals surface area contributed by atoms with E-state index >= 15 is 0 Å². The average Bonchev–Trinajstić information content (AvgIpc) is 3.07. The van der Waals surface area contributed by atoms with E-state index in [4.69, 9.17) is 0 Å². The topological polar surface area (TPSA) is 79.4 Å². The number of benzene rings is 1. The van der Waals surface area contributed by atoms with E-state index < -0.39 is 15.5 Å². The van der Waals surface area contributed by atoms with Crippen molar-refractivity contribution in [3.8, 4) is 0 Å². The maximum atomic E-state index is 12.8. The van der Waals surface area contributed by atoms with E-state index in [2.05, 4.69) is 20.9 Å². The normalized spacial score (nSPS) is 18.2.